The second-order valence-corrected chi connectivity index (χ2v) is 3.86. The number of nitrogens with zero attached hydrogens (tertiary/aromatic N) is 1. The van der Waals surface area contributed by atoms with Crippen molar-refractivity contribution in [1.29, 1.82) is 5.26 Å². The Bertz CT molecular complexity index is 305. The molecule has 0 aliphatic heterocycles. The third-order valence-electron chi connectivity index (χ3n) is 2.57. The molecule has 0 amide bonds. The molecule has 0 spiro atoms. The normalized spacial score (nSPS) is 12.1. The fourth-order valence-corrected chi connectivity index (χ4v) is 1.55. The van der Waals surface area contributed by atoms with Crippen LogP contribution >= 0.6 is 0 Å². The summed E-state index contributed by atoms with van der Waals surface area (Å²) in [5.74, 6) is 0.573. The SMILES string of the molecule is Cc1ccc(C(C)CCCC#N)cc1. The van der Waals surface area contributed by atoms with Crippen molar-refractivity contribution < 1.29 is 0 Å². The second-order valence-electron chi connectivity index (χ2n) is 3.86. The molecule has 0 bridgehead atoms. The summed E-state index contributed by atoms with van der Waals surface area (Å²) in [4.78, 5) is 0. The second kappa shape index (κ2) is 5.44. The van der Waals surface area contributed by atoms with Crippen LogP contribution < -0.4 is 0 Å². The average molecular weight is 187 g/mol. The Morgan fingerprint density at radius 1 is 1.29 bits per heavy atom. The minimum absolute atomic E-state index is 0.573. The van der Waals surface area contributed by atoms with Gasteiger partial charge in [-0.15, -0.1) is 0 Å². The molecule has 0 N–H and O–H groups in total. The summed E-state index contributed by atoms with van der Waals surface area (Å²) in [5, 5.41) is 8.44. The molecule has 74 valence electrons. The molecule has 1 rings (SSSR count). The first-order chi connectivity index (χ1) is 6.74. The highest BCUT2D eigenvalue weighted by Gasteiger charge is 2.03. The lowest BCUT2D eigenvalue weighted by Gasteiger charge is -2.10. The van der Waals surface area contributed by atoms with Crippen molar-refractivity contribution in [2.24, 2.45) is 0 Å². The van der Waals surface area contributed by atoms with E-state index in [0.717, 1.165) is 12.8 Å². The zero-order valence-corrected chi connectivity index (χ0v) is 8.96. The van der Waals surface area contributed by atoms with Gasteiger partial charge in [0.05, 0.1) is 6.07 Å². The van der Waals surface area contributed by atoms with Crippen molar-refractivity contribution in [3.8, 4) is 6.07 Å². The first-order valence-electron chi connectivity index (χ1n) is 5.17. The molecule has 1 atom stereocenters. The van der Waals surface area contributed by atoms with Crippen molar-refractivity contribution >= 4 is 0 Å². The highest BCUT2D eigenvalue weighted by Crippen LogP contribution is 2.21. The zero-order valence-electron chi connectivity index (χ0n) is 8.96. The lowest BCUT2D eigenvalue weighted by molar-refractivity contribution is 0.643. The summed E-state index contributed by atoms with van der Waals surface area (Å²) >= 11 is 0. The molecule has 1 unspecified atom stereocenters. The van der Waals surface area contributed by atoms with Crippen LogP contribution in [-0.4, -0.2) is 0 Å². The smallest absolute Gasteiger partial charge is 0.0621 e. The molecule has 0 saturated heterocycles. The van der Waals surface area contributed by atoms with Gasteiger partial charge in [-0.25, -0.2) is 0 Å². The van der Waals surface area contributed by atoms with E-state index in [4.69, 9.17) is 5.26 Å². The van der Waals surface area contributed by atoms with Gasteiger partial charge >= 0.3 is 0 Å². The summed E-state index contributed by atoms with van der Waals surface area (Å²) in [6, 6.07) is 10.9. The topological polar surface area (TPSA) is 23.8 Å². The Kier molecular flexibility index (Phi) is 4.19. The number of unbranched alkanes of at least 4 members (excludes halogenated alkanes) is 1. The van der Waals surface area contributed by atoms with Gasteiger partial charge in [0.2, 0.25) is 0 Å². The van der Waals surface area contributed by atoms with Gasteiger partial charge < -0.3 is 0 Å². The highest BCUT2D eigenvalue weighted by atomic mass is 14.2. The number of hydrogen-bond acceptors (Lipinski definition) is 1. The Hall–Kier alpha value is -1.29. The number of nitriles is 1. The van der Waals surface area contributed by atoms with Crippen molar-refractivity contribution in [2.75, 3.05) is 0 Å². The summed E-state index contributed by atoms with van der Waals surface area (Å²) in [7, 11) is 0. The van der Waals surface area contributed by atoms with Crippen LogP contribution in [0.5, 0.6) is 0 Å². The summed E-state index contributed by atoms with van der Waals surface area (Å²) in [6.45, 7) is 4.33. The Labute approximate surface area is 86.4 Å². The van der Waals surface area contributed by atoms with E-state index in [-0.39, 0.29) is 0 Å². The predicted octanol–water partition coefficient (Wildman–Crippen LogP) is 3.79. The van der Waals surface area contributed by atoms with Crippen LogP contribution in [0.4, 0.5) is 0 Å². The van der Waals surface area contributed by atoms with E-state index in [1.165, 1.54) is 11.1 Å². The van der Waals surface area contributed by atoms with Gasteiger partial charge in [0.15, 0.2) is 0 Å². The molecule has 14 heavy (non-hydrogen) atoms. The third kappa shape index (κ3) is 3.22. The van der Waals surface area contributed by atoms with E-state index in [1.807, 2.05) is 0 Å². The first-order valence-corrected chi connectivity index (χ1v) is 5.17. The molecule has 0 saturated carbocycles. The summed E-state index contributed by atoms with van der Waals surface area (Å²) < 4.78 is 0. The van der Waals surface area contributed by atoms with Crippen molar-refractivity contribution in [3.05, 3.63) is 35.4 Å². The van der Waals surface area contributed by atoms with Gasteiger partial charge in [0.1, 0.15) is 0 Å². The minimum Gasteiger partial charge on any atom is -0.198 e. The Morgan fingerprint density at radius 3 is 2.50 bits per heavy atom. The maximum Gasteiger partial charge on any atom is 0.0621 e. The largest absolute Gasteiger partial charge is 0.198 e. The van der Waals surface area contributed by atoms with E-state index >= 15 is 0 Å². The summed E-state index contributed by atoms with van der Waals surface area (Å²) in [5.41, 5.74) is 2.69. The minimum atomic E-state index is 0.573. The van der Waals surface area contributed by atoms with Crippen LogP contribution in [0.15, 0.2) is 24.3 Å². The van der Waals surface area contributed by atoms with E-state index in [0.29, 0.717) is 12.3 Å². The van der Waals surface area contributed by atoms with Gasteiger partial charge in [-0.05, 0) is 31.2 Å². The molecule has 1 aromatic carbocycles. The van der Waals surface area contributed by atoms with Crippen LogP contribution in [-0.2, 0) is 0 Å². The van der Waals surface area contributed by atoms with Crippen LogP contribution in [0.25, 0.3) is 0 Å². The molecular formula is C13H17N. The van der Waals surface area contributed by atoms with Crippen molar-refractivity contribution in [3.63, 3.8) is 0 Å². The number of hydrogen-bond donors (Lipinski definition) is 0. The number of aryl methyl sites for hydroxylation is 1. The quantitative estimate of drug-likeness (QED) is 0.658. The molecule has 0 aliphatic carbocycles. The molecule has 0 aromatic heterocycles. The number of rotatable bonds is 4. The fourth-order valence-electron chi connectivity index (χ4n) is 1.55. The Balaban J connectivity index is 2.48. The van der Waals surface area contributed by atoms with E-state index < -0.39 is 0 Å². The maximum absolute atomic E-state index is 8.44. The van der Waals surface area contributed by atoms with Crippen molar-refractivity contribution in [1.82, 2.24) is 0 Å². The lowest BCUT2D eigenvalue weighted by Crippen LogP contribution is -1.93. The lowest BCUT2D eigenvalue weighted by atomic mass is 9.95. The van der Waals surface area contributed by atoms with Crippen molar-refractivity contribution in [2.45, 2.75) is 39.0 Å². The van der Waals surface area contributed by atoms with Crippen LogP contribution in [0, 0.1) is 18.3 Å². The predicted molar refractivity (Wildman–Crippen MR) is 59.1 cm³/mol. The third-order valence-corrected chi connectivity index (χ3v) is 2.57. The van der Waals surface area contributed by atoms with E-state index in [1.54, 1.807) is 0 Å². The maximum atomic E-state index is 8.44. The summed E-state index contributed by atoms with van der Waals surface area (Å²) in [6.07, 6.45) is 2.79. The zero-order chi connectivity index (χ0) is 10.4. The van der Waals surface area contributed by atoms with E-state index in [2.05, 4.69) is 44.2 Å². The molecule has 1 heteroatoms. The van der Waals surface area contributed by atoms with Gasteiger partial charge in [-0.3, -0.25) is 0 Å². The number of benzene rings is 1. The molecule has 0 aliphatic rings. The standard InChI is InChI=1S/C13H17N/c1-11-6-8-13(9-7-11)12(2)5-3-4-10-14/h6-9,12H,3-5H2,1-2H3. The fraction of sp³-hybridized carbons (Fsp3) is 0.462. The van der Waals surface area contributed by atoms with Crippen LogP contribution in [0.1, 0.15) is 43.2 Å². The van der Waals surface area contributed by atoms with Gasteiger partial charge in [-0.1, -0.05) is 36.8 Å². The monoisotopic (exact) mass is 187 g/mol. The molecule has 0 radical (unpaired) electrons. The highest BCUT2D eigenvalue weighted by molar-refractivity contribution is 5.23. The van der Waals surface area contributed by atoms with Crippen LogP contribution in [0.2, 0.25) is 0 Å². The first kappa shape index (κ1) is 10.8. The Morgan fingerprint density at radius 2 is 1.93 bits per heavy atom. The molecular weight excluding hydrogens is 170 g/mol. The molecule has 1 nitrogen and oxygen atoms in total. The van der Waals surface area contributed by atoms with Gasteiger partial charge in [0, 0.05) is 6.42 Å². The van der Waals surface area contributed by atoms with Gasteiger partial charge in [-0.2, -0.15) is 5.26 Å². The van der Waals surface area contributed by atoms with E-state index in [9.17, 15) is 0 Å². The van der Waals surface area contributed by atoms with Gasteiger partial charge in [0.25, 0.3) is 0 Å². The average Bonchev–Trinajstić information content (AvgIpc) is 2.19. The molecule has 1 aromatic rings. The van der Waals surface area contributed by atoms with Crippen LogP contribution in [0.3, 0.4) is 0 Å². The molecule has 0 heterocycles. The molecule has 0 fully saturated rings.